The number of esters is 2. The van der Waals surface area contributed by atoms with E-state index < -0.39 is 12.0 Å². The van der Waals surface area contributed by atoms with Crippen LogP contribution in [0.15, 0.2) is 42.5 Å². The van der Waals surface area contributed by atoms with Crippen molar-refractivity contribution in [3.8, 4) is 5.75 Å². The molecule has 1 unspecified atom stereocenters. The maximum atomic E-state index is 13.1. The van der Waals surface area contributed by atoms with Gasteiger partial charge in [0.05, 0.1) is 18.8 Å². The van der Waals surface area contributed by atoms with Crippen molar-refractivity contribution in [3.63, 3.8) is 0 Å². The fourth-order valence-electron chi connectivity index (χ4n) is 4.61. The quantitative estimate of drug-likeness (QED) is 0.283. The van der Waals surface area contributed by atoms with E-state index in [1.54, 1.807) is 36.4 Å². The lowest BCUT2D eigenvalue weighted by Crippen LogP contribution is -2.44. The molecule has 0 heterocycles. The lowest BCUT2D eigenvalue weighted by molar-refractivity contribution is -0.148. The first-order chi connectivity index (χ1) is 17.9. The van der Waals surface area contributed by atoms with Crippen LogP contribution < -0.4 is 5.32 Å². The largest absolute Gasteiger partial charge is 0.508 e. The number of ether oxygens (including phenoxy) is 2. The number of benzene rings is 2. The first-order valence-corrected chi connectivity index (χ1v) is 13.4. The van der Waals surface area contributed by atoms with Crippen LogP contribution in [0, 0.1) is 0 Å². The number of hydrogen-bond donors (Lipinski definition) is 2. The SMILES string of the molecule is CCCCOC(=O)c1ccc(C[C@H](NC(=O)CC2CCCc3cc(O)ccc32)C(=O)OCCCC)cc1. The normalized spacial score (nSPS) is 15.4. The molecule has 0 saturated carbocycles. The topological polar surface area (TPSA) is 102 Å². The average Bonchev–Trinajstić information content (AvgIpc) is 2.89. The fraction of sp³-hybridized carbons (Fsp3) is 0.500. The molecule has 0 aromatic heterocycles. The van der Waals surface area contributed by atoms with Gasteiger partial charge in [-0.3, -0.25) is 4.79 Å². The molecule has 200 valence electrons. The number of hydrogen-bond acceptors (Lipinski definition) is 6. The van der Waals surface area contributed by atoms with E-state index in [1.165, 1.54) is 0 Å². The van der Waals surface area contributed by atoms with Gasteiger partial charge in [-0.2, -0.15) is 0 Å². The molecule has 1 amide bonds. The number of phenols is 1. The lowest BCUT2D eigenvalue weighted by Gasteiger charge is -2.26. The number of rotatable bonds is 13. The minimum atomic E-state index is -0.824. The summed E-state index contributed by atoms with van der Waals surface area (Å²) in [5, 5.41) is 12.7. The average molecular weight is 510 g/mol. The summed E-state index contributed by atoms with van der Waals surface area (Å²) in [7, 11) is 0. The summed E-state index contributed by atoms with van der Waals surface area (Å²) in [4.78, 5) is 38.1. The summed E-state index contributed by atoms with van der Waals surface area (Å²) in [6.07, 6.45) is 6.66. The molecule has 7 heteroatoms. The van der Waals surface area contributed by atoms with Gasteiger partial charge < -0.3 is 19.9 Å². The van der Waals surface area contributed by atoms with Crippen molar-refractivity contribution in [3.05, 3.63) is 64.7 Å². The molecule has 2 aromatic rings. The Balaban J connectivity index is 1.65. The van der Waals surface area contributed by atoms with Crippen molar-refractivity contribution in [1.29, 1.82) is 0 Å². The predicted molar refractivity (Wildman–Crippen MR) is 142 cm³/mol. The monoisotopic (exact) mass is 509 g/mol. The number of aryl methyl sites for hydroxylation is 1. The first-order valence-electron chi connectivity index (χ1n) is 13.4. The first kappa shape index (κ1) is 28.2. The van der Waals surface area contributed by atoms with E-state index in [0.717, 1.165) is 61.6 Å². The zero-order chi connectivity index (χ0) is 26.6. The molecule has 0 spiro atoms. The van der Waals surface area contributed by atoms with E-state index in [2.05, 4.69) is 5.32 Å². The summed E-state index contributed by atoms with van der Waals surface area (Å²) in [6, 6.07) is 11.4. The smallest absolute Gasteiger partial charge is 0.338 e. The van der Waals surface area contributed by atoms with Crippen molar-refractivity contribution < 1.29 is 29.0 Å². The Bertz CT molecular complexity index is 1050. The highest BCUT2D eigenvalue weighted by Gasteiger charge is 2.27. The van der Waals surface area contributed by atoms with Crippen LogP contribution in [0.5, 0.6) is 5.75 Å². The molecule has 7 nitrogen and oxygen atoms in total. The van der Waals surface area contributed by atoms with Crippen LogP contribution in [0.1, 0.15) is 91.8 Å². The van der Waals surface area contributed by atoms with E-state index in [0.29, 0.717) is 18.8 Å². The van der Waals surface area contributed by atoms with Crippen LogP contribution in [-0.4, -0.2) is 42.2 Å². The molecular weight excluding hydrogens is 470 g/mol. The van der Waals surface area contributed by atoms with Gasteiger partial charge in [0, 0.05) is 12.8 Å². The number of fused-ring (bicyclic) bond motifs is 1. The molecule has 0 bridgehead atoms. The second-order valence-corrected chi connectivity index (χ2v) is 9.71. The minimum Gasteiger partial charge on any atom is -0.508 e. The molecule has 0 saturated heterocycles. The maximum absolute atomic E-state index is 13.1. The van der Waals surface area contributed by atoms with Gasteiger partial charge in [0.1, 0.15) is 11.8 Å². The Morgan fingerprint density at radius 1 is 1.00 bits per heavy atom. The number of carbonyl (C=O) groups is 3. The molecule has 37 heavy (non-hydrogen) atoms. The Kier molecular flexibility index (Phi) is 11.0. The van der Waals surface area contributed by atoms with Gasteiger partial charge in [0.25, 0.3) is 0 Å². The van der Waals surface area contributed by atoms with Crippen molar-refractivity contribution >= 4 is 17.8 Å². The second kappa shape index (κ2) is 14.4. The Morgan fingerprint density at radius 3 is 2.41 bits per heavy atom. The number of unbranched alkanes of at least 4 members (excludes halogenated alkanes) is 2. The maximum Gasteiger partial charge on any atom is 0.338 e. The molecule has 1 aliphatic rings. The number of amides is 1. The highest BCUT2D eigenvalue weighted by atomic mass is 16.5. The van der Waals surface area contributed by atoms with Gasteiger partial charge in [-0.1, -0.05) is 44.9 Å². The molecule has 0 fully saturated rings. The molecule has 2 atom stereocenters. The fourth-order valence-corrected chi connectivity index (χ4v) is 4.61. The van der Waals surface area contributed by atoms with Gasteiger partial charge in [-0.15, -0.1) is 0 Å². The molecular formula is C30H39NO6. The number of aromatic hydroxyl groups is 1. The van der Waals surface area contributed by atoms with E-state index in [9.17, 15) is 19.5 Å². The second-order valence-electron chi connectivity index (χ2n) is 9.71. The summed E-state index contributed by atoms with van der Waals surface area (Å²) in [5.41, 5.74) is 3.42. The third kappa shape index (κ3) is 8.62. The summed E-state index contributed by atoms with van der Waals surface area (Å²) in [6.45, 7) is 4.75. The van der Waals surface area contributed by atoms with Crippen LogP contribution in [-0.2, 0) is 31.9 Å². The summed E-state index contributed by atoms with van der Waals surface area (Å²) >= 11 is 0. The standard InChI is InChI=1S/C30H39NO6/c1-3-5-16-36-29(34)22-12-10-21(11-13-22)18-27(30(35)37-17-6-4-2)31-28(33)20-24-9-7-8-23-19-25(32)14-15-26(23)24/h10-15,19,24,27,32H,3-9,16-18,20H2,1-2H3,(H,31,33)/t24?,27-/m0/s1. The zero-order valence-electron chi connectivity index (χ0n) is 22.0. The van der Waals surface area contributed by atoms with Crippen molar-refractivity contribution in [1.82, 2.24) is 5.32 Å². The molecule has 3 rings (SSSR count). The van der Waals surface area contributed by atoms with Gasteiger partial charge in [0.2, 0.25) is 5.91 Å². The van der Waals surface area contributed by atoms with Crippen LogP contribution >= 0.6 is 0 Å². The van der Waals surface area contributed by atoms with Crippen molar-refractivity contribution in [2.75, 3.05) is 13.2 Å². The number of carbonyl (C=O) groups excluding carboxylic acids is 3. The van der Waals surface area contributed by atoms with Gasteiger partial charge in [-0.05, 0) is 79.0 Å². The Labute approximate surface area is 219 Å². The minimum absolute atomic E-state index is 0.0408. The molecule has 0 aliphatic heterocycles. The van der Waals surface area contributed by atoms with Crippen molar-refractivity contribution in [2.24, 2.45) is 0 Å². The van der Waals surface area contributed by atoms with Gasteiger partial charge in [0.15, 0.2) is 0 Å². The molecule has 0 radical (unpaired) electrons. The van der Waals surface area contributed by atoms with Crippen LogP contribution in [0.4, 0.5) is 0 Å². The summed E-state index contributed by atoms with van der Waals surface area (Å²) in [5.74, 6) is -0.763. The Morgan fingerprint density at radius 2 is 1.70 bits per heavy atom. The predicted octanol–water partition coefficient (Wildman–Crippen LogP) is 5.23. The lowest BCUT2D eigenvalue weighted by atomic mass is 9.81. The van der Waals surface area contributed by atoms with Gasteiger partial charge in [-0.25, -0.2) is 9.59 Å². The van der Waals surface area contributed by atoms with E-state index >= 15 is 0 Å². The number of nitrogens with one attached hydrogen (secondary N) is 1. The van der Waals surface area contributed by atoms with Crippen LogP contribution in [0.3, 0.4) is 0 Å². The van der Waals surface area contributed by atoms with Crippen LogP contribution in [0.2, 0.25) is 0 Å². The third-order valence-electron chi connectivity index (χ3n) is 6.72. The third-order valence-corrected chi connectivity index (χ3v) is 6.72. The highest BCUT2D eigenvalue weighted by Crippen LogP contribution is 2.35. The van der Waals surface area contributed by atoms with Crippen LogP contribution in [0.25, 0.3) is 0 Å². The van der Waals surface area contributed by atoms with E-state index in [4.69, 9.17) is 9.47 Å². The van der Waals surface area contributed by atoms with E-state index in [-0.39, 0.29) is 36.4 Å². The Hall–Kier alpha value is -3.35. The van der Waals surface area contributed by atoms with E-state index in [1.807, 2.05) is 19.9 Å². The summed E-state index contributed by atoms with van der Waals surface area (Å²) < 4.78 is 10.7. The zero-order valence-corrected chi connectivity index (χ0v) is 22.0. The molecule has 2 N–H and O–H groups in total. The van der Waals surface area contributed by atoms with Gasteiger partial charge >= 0.3 is 11.9 Å². The molecule has 2 aromatic carbocycles. The number of phenolic OH excluding ortho intramolecular Hbond substituents is 1. The molecule has 1 aliphatic carbocycles. The highest BCUT2D eigenvalue weighted by molar-refractivity contribution is 5.89. The van der Waals surface area contributed by atoms with Crippen molar-refractivity contribution in [2.45, 2.75) is 83.6 Å².